The van der Waals surface area contributed by atoms with E-state index >= 15 is 0 Å². The largest absolute Gasteiger partial charge is 0.496 e. The number of amides is 1. The fraction of sp³-hybridized carbons (Fsp3) is 0.438. The van der Waals surface area contributed by atoms with Crippen LogP contribution in [0.4, 0.5) is 0 Å². The molecule has 0 spiro atoms. The number of nitrogens with two attached hydrogens (primary N) is 1. The van der Waals surface area contributed by atoms with Crippen LogP contribution in [-0.2, 0) is 29.8 Å². The molecule has 0 bridgehead atoms. The first-order valence-corrected chi connectivity index (χ1v) is 7.71. The van der Waals surface area contributed by atoms with Gasteiger partial charge >= 0.3 is 0 Å². The maximum absolute atomic E-state index is 12.7. The molecule has 1 unspecified atom stereocenters. The second-order valence-corrected chi connectivity index (χ2v) is 5.68. The predicted molar refractivity (Wildman–Crippen MR) is 84.7 cm³/mol. The van der Waals surface area contributed by atoms with Crippen molar-refractivity contribution < 1.29 is 9.53 Å². The van der Waals surface area contributed by atoms with E-state index in [1.54, 1.807) is 18.0 Å². The molecular formula is C16H21N5O2. The van der Waals surface area contributed by atoms with Crippen LogP contribution in [0.15, 0.2) is 24.4 Å². The number of rotatable bonds is 5. The molecule has 1 amide bonds. The molecule has 0 saturated heterocycles. The topological polar surface area (TPSA) is 95.1 Å². The Bertz CT molecular complexity index is 727. The van der Waals surface area contributed by atoms with Gasteiger partial charge in [0.1, 0.15) is 11.3 Å². The van der Waals surface area contributed by atoms with E-state index in [4.69, 9.17) is 10.5 Å². The molecule has 1 aromatic heterocycles. The number of aromatic nitrogens is 3. The van der Waals surface area contributed by atoms with Crippen molar-refractivity contribution in [1.82, 2.24) is 20.3 Å². The summed E-state index contributed by atoms with van der Waals surface area (Å²) < 4.78 is 7.12. The Morgan fingerprint density at radius 1 is 1.52 bits per heavy atom. The molecule has 1 atom stereocenters. The molecule has 122 valence electrons. The number of aryl methyl sites for hydroxylation is 1. The molecule has 3 N–H and O–H groups in total. The fourth-order valence-electron chi connectivity index (χ4n) is 3.14. The Kier molecular flexibility index (Phi) is 4.04. The van der Waals surface area contributed by atoms with E-state index in [1.165, 1.54) is 0 Å². The third kappa shape index (κ3) is 2.57. The van der Waals surface area contributed by atoms with Gasteiger partial charge in [-0.3, -0.25) is 4.79 Å². The highest BCUT2D eigenvalue weighted by Gasteiger charge is 2.42. The number of ether oxygens (including phenoxy) is 1. The first-order chi connectivity index (χ1) is 11.1. The maximum Gasteiger partial charge on any atom is 0.245 e. The highest BCUT2D eigenvalue weighted by molar-refractivity contribution is 5.89. The number of carbonyl (C=O) groups is 1. The highest BCUT2D eigenvalue weighted by Crippen LogP contribution is 2.39. The first kappa shape index (κ1) is 15.5. The lowest BCUT2D eigenvalue weighted by atomic mass is 9.92. The second kappa shape index (κ2) is 6.00. The van der Waals surface area contributed by atoms with Gasteiger partial charge in [-0.15, -0.1) is 5.10 Å². The van der Waals surface area contributed by atoms with Gasteiger partial charge in [0.25, 0.3) is 0 Å². The van der Waals surface area contributed by atoms with Crippen molar-refractivity contribution in [3.8, 4) is 5.75 Å². The van der Waals surface area contributed by atoms with Gasteiger partial charge in [0, 0.05) is 6.54 Å². The van der Waals surface area contributed by atoms with Gasteiger partial charge < -0.3 is 15.8 Å². The van der Waals surface area contributed by atoms with Crippen LogP contribution in [0, 0.1) is 0 Å². The van der Waals surface area contributed by atoms with Crippen molar-refractivity contribution in [2.75, 3.05) is 7.11 Å². The zero-order chi connectivity index (χ0) is 16.4. The van der Waals surface area contributed by atoms with Crippen LogP contribution in [-0.4, -0.2) is 28.0 Å². The Morgan fingerprint density at radius 2 is 2.35 bits per heavy atom. The number of hydrogen-bond acceptors (Lipinski definition) is 5. The predicted octanol–water partition coefficient (Wildman–Crippen LogP) is 0.723. The van der Waals surface area contributed by atoms with Crippen LogP contribution < -0.4 is 15.8 Å². The van der Waals surface area contributed by atoms with Gasteiger partial charge in [0.2, 0.25) is 5.91 Å². The first-order valence-electron chi connectivity index (χ1n) is 7.71. The van der Waals surface area contributed by atoms with E-state index < -0.39 is 5.54 Å². The summed E-state index contributed by atoms with van der Waals surface area (Å²) in [5.41, 5.74) is 8.14. The van der Waals surface area contributed by atoms with Crippen molar-refractivity contribution in [2.45, 2.75) is 38.4 Å². The molecule has 1 aliphatic carbocycles. The van der Waals surface area contributed by atoms with Gasteiger partial charge in [0.05, 0.1) is 25.5 Å². The third-order valence-corrected chi connectivity index (χ3v) is 4.44. The minimum absolute atomic E-state index is 0.187. The van der Waals surface area contributed by atoms with Gasteiger partial charge in [-0.05, 0) is 37.0 Å². The lowest BCUT2D eigenvalue weighted by Crippen LogP contribution is -2.49. The Labute approximate surface area is 134 Å². The molecule has 0 saturated carbocycles. The third-order valence-electron chi connectivity index (χ3n) is 4.44. The van der Waals surface area contributed by atoms with Gasteiger partial charge in [-0.25, -0.2) is 4.68 Å². The molecule has 1 aliphatic rings. The summed E-state index contributed by atoms with van der Waals surface area (Å²) in [6.07, 6.45) is 2.95. The van der Waals surface area contributed by atoms with E-state index in [9.17, 15) is 4.79 Å². The summed E-state index contributed by atoms with van der Waals surface area (Å²) in [5, 5.41) is 10.7. The van der Waals surface area contributed by atoms with Crippen molar-refractivity contribution in [2.24, 2.45) is 5.73 Å². The summed E-state index contributed by atoms with van der Waals surface area (Å²) in [6.45, 7) is 3.04. The van der Waals surface area contributed by atoms with E-state index in [0.717, 1.165) is 29.0 Å². The van der Waals surface area contributed by atoms with Crippen molar-refractivity contribution in [3.63, 3.8) is 0 Å². The number of carbonyl (C=O) groups excluding carboxylic acids is 1. The van der Waals surface area contributed by atoms with Crippen molar-refractivity contribution in [1.29, 1.82) is 0 Å². The molecule has 0 radical (unpaired) electrons. The molecule has 7 nitrogen and oxygen atoms in total. The van der Waals surface area contributed by atoms with Crippen molar-refractivity contribution >= 4 is 5.91 Å². The molecule has 0 fully saturated rings. The van der Waals surface area contributed by atoms with Crippen LogP contribution in [0.2, 0.25) is 0 Å². The lowest BCUT2D eigenvalue weighted by molar-refractivity contribution is -0.126. The Balaban J connectivity index is 1.79. The number of nitrogens with one attached hydrogen (secondary N) is 1. The molecule has 2 aromatic rings. The smallest absolute Gasteiger partial charge is 0.245 e. The monoisotopic (exact) mass is 315 g/mol. The minimum atomic E-state index is -1.02. The Hall–Kier alpha value is -2.41. The van der Waals surface area contributed by atoms with E-state index in [1.807, 2.05) is 25.1 Å². The highest BCUT2D eigenvalue weighted by atomic mass is 16.5. The number of benzene rings is 1. The lowest BCUT2D eigenvalue weighted by Gasteiger charge is -2.24. The molecule has 23 heavy (non-hydrogen) atoms. The molecule has 0 aliphatic heterocycles. The SMILES string of the molecule is CCn1nncc1CNC(=O)C1(N)CCc2c(OC)cccc21. The summed E-state index contributed by atoms with van der Waals surface area (Å²) >= 11 is 0. The van der Waals surface area contributed by atoms with E-state index in [-0.39, 0.29) is 5.91 Å². The number of hydrogen-bond donors (Lipinski definition) is 2. The van der Waals surface area contributed by atoms with Crippen LogP contribution in [0.3, 0.4) is 0 Å². The van der Waals surface area contributed by atoms with Crippen LogP contribution >= 0.6 is 0 Å². The summed E-state index contributed by atoms with van der Waals surface area (Å²) in [7, 11) is 1.63. The van der Waals surface area contributed by atoms with Crippen LogP contribution in [0.1, 0.15) is 30.2 Å². The van der Waals surface area contributed by atoms with E-state index in [0.29, 0.717) is 19.5 Å². The average molecular weight is 315 g/mol. The van der Waals surface area contributed by atoms with Crippen LogP contribution in [0.5, 0.6) is 5.75 Å². The summed E-state index contributed by atoms with van der Waals surface area (Å²) in [6, 6.07) is 5.67. The maximum atomic E-state index is 12.7. The van der Waals surface area contributed by atoms with E-state index in [2.05, 4.69) is 15.6 Å². The average Bonchev–Trinajstić information content (AvgIpc) is 3.17. The fourth-order valence-corrected chi connectivity index (χ4v) is 3.14. The summed E-state index contributed by atoms with van der Waals surface area (Å²) in [4.78, 5) is 12.7. The molecule has 1 aromatic carbocycles. The quantitative estimate of drug-likeness (QED) is 0.848. The van der Waals surface area contributed by atoms with Crippen molar-refractivity contribution in [3.05, 3.63) is 41.2 Å². The van der Waals surface area contributed by atoms with Gasteiger partial charge in [0.15, 0.2) is 0 Å². The molecule has 7 heteroatoms. The molecular weight excluding hydrogens is 294 g/mol. The summed E-state index contributed by atoms with van der Waals surface area (Å²) in [5.74, 6) is 0.601. The zero-order valence-corrected chi connectivity index (χ0v) is 13.4. The van der Waals surface area contributed by atoms with Gasteiger partial charge in [-0.1, -0.05) is 17.3 Å². The second-order valence-electron chi connectivity index (χ2n) is 5.68. The van der Waals surface area contributed by atoms with Crippen LogP contribution in [0.25, 0.3) is 0 Å². The zero-order valence-electron chi connectivity index (χ0n) is 13.4. The van der Waals surface area contributed by atoms with Gasteiger partial charge in [-0.2, -0.15) is 0 Å². The molecule has 1 heterocycles. The number of nitrogens with zero attached hydrogens (tertiary/aromatic N) is 3. The Morgan fingerprint density at radius 3 is 3.09 bits per heavy atom. The molecule has 3 rings (SSSR count). The minimum Gasteiger partial charge on any atom is -0.496 e. The number of fused-ring (bicyclic) bond motifs is 1. The standard InChI is InChI=1S/C16H21N5O2/c1-3-21-11(10-19-20-21)9-18-15(22)16(17)8-7-12-13(16)5-4-6-14(12)23-2/h4-6,10H,3,7-9,17H2,1-2H3,(H,18,22). The number of methoxy groups -OCH3 is 1. The normalized spacial score (nSPS) is 19.4.